The second-order valence-electron chi connectivity index (χ2n) is 6.84. The van der Waals surface area contributed by atoms with Crippen LogP contribution in [0.5, 0.6) is 5.75 Å². The zero-order valence-electron chi connectivity index (χ0n) is 16.8. The molecule has 3 rings (SSSR count). The van der Waals surface area contributed by atoms with Crippen LogP contribution in [0.2, 0.25) is 0 Å². The summed E-state index contributed by atoms with van der Waals surface area (Å²) in [5, 5.41) is 2.80. The lowest BCUT2D eigenvalue weighted by Crippen LogP contribution is -2.37. The smallest absolute Gasteiger partial charge is 0.338 e. The van der Waals surface area contributed by atoms with E-state index >= 15 is 0 Å². The summed E-state index contributed by atoms with van der Waals surface area (Å²) in [4.78, 5) is 26.4. The van der Waals surface area contributed by atoms with E-state index in [0.717, 1.165) is 23.5 Å². The molecule has 0 saturated carbocycles. The zero-order valence-corrected chi connectivity index (χ0v) is 16.8. The van der Waals surface area contributed by atoms with Crippen molar-refractivity contribution < 1.29 is 19.1 Å². The predicted octanol–water partition coefficient (Wildman–Crippen LogP) is 2.96. The number of hydrogen-bond acceptors (Lipinski definition) is 5. The minimum Gasteiger partial charge on any atom is -0.488 e. The van der Waals surface area contributed by atoms with Crippen LogP contribution in [0.3, 0.4) is 0 Å². The molecule has 29 heavy (non-hydrogen) atoms. The summed E-state index contributed by atoms with van der Waals surface area (Å²) in [6.45, 7) is 5.94. The molecule has 0 saturated heterocycles. The first kappa shape index (κ1) is 20.5. The number of nitrogens with one attached hydrogen (secondary N) is 1. The first-order valence-corrected chi connectivity index (χ1v) is 9.74. The number of carbonyl (C=O) groups excluding carboxylic acids is 2. The molecule has 1 amide bonds. The maximum absolute atomic E-state index is 12.2. The van der Waals surface area contributed by atoms with E-state index in [1.165, 1.54) is 5.56 Å². The fraction of sp³-hybridized carbons (Fsp3) is 0.304. The van der Waals surface area contributed by atoms with Crippen molar-refractivity contribution in [1.82, 2.24) is 5.32 Å². The van der Waals surface area contributed by atoms with Crippen LogP contribution in [0, 0.1) is 6.92 Å². The fourth-order valence-electron chi connectivity index (χ4n) is 3.13. The number of benzene rings is 2. The van der Waals surface area contributed by atoms with Crippen molar-refractivity contribution in [3.05, 3.63) is 65.2 Å². The van der Waals surface area contributed by atoms with E-state index in [-0.39, 0.29) is 19.1 Å². The number of rotatable bonds is 8. The van der Waals surface area contributed by atoms with Crippen LogP contribution >= 0.6 is 0 Å². The molecule has 0 spiro atoms. The van der Waals surface area contributed by atoms with Crippen LogP contribution in [-0.2, 0) is 14.3 Å². The molecule has 1 N–H and O–H groups in total. The van der Waals surface area contributed by atoms with Crippen LogP contribution in [-0.4, -0.2) is 44.7 Å². The lowest BCUT2D eigenvalue weighted by atomic mass is 10.1. The van der Waals surface area contributed by atoms with Gasteiger partial charge in [-0.05, 0) is 43.7 Å². The highest BCUT2D eigenvalue weighted by atomic mass is 16.5. The van der Waals surface area contributed by atoms with Crippen molar-refractivity contribution in [3.63, 3.8) is 0 Å². The quantitative estimate of drug-likeness (QED) is 0.698. The van der Waals surface area contributed by atoms with Gasteiger partial charge in [0.2, 0.25) is 0 Å². The summed E-state index contributed by atoms with van der Waals surface area (Å²) in [7, 11) is 0. The van der Waals surface area contributed by atoms with Gasteiger partial charge >= 0.3 is 5.97 Å². The molecule has 1 aliphatic heterocycles. The zero-order chi connectivity index (χ0) is 20.6. The number of ether oxygens (including phenoxy) is 2. The summed E-state index contributed by atoms with van der Waals surface area (Å²) < 4.78 is 10.7. The second-order valence-corrected chi connectivity index (χ2v) is 6.84. The number of amides is 1. The van der Waals surface area contributed by atoms with E-state index in [4.69, 9.17) is 9.47 Å². The molecule has 2 aromatic carbocycles. The van der Waals surface area contributed by atoms with Gasteiger partial charge in [-0.1, -0.05) is 30.3 Å². The Morgan fingerprint density at radius 1 is 1.17 bits per heavy atom. The largest absolute Gasteiger partial charge is 0.488 e. The van der Waals surface area contributed by atoms with Crippen molar-refractivity contribution >= 4 is 23.6 Å². The summed E-state index contributed by atoms with van der Waals surface area (Å²) in [5.74, 6) is -0.128. The normalized spacial score (nSPS) is 12.3. The maximum atomic E-state index is 12.2. The number of aryl methyl sites for hydroxylation is 1. The molecule has 0 fully saturated rings. The number of anilines is 1. The molecule has 0 atom stereocenters. The van der Waals surface area contributed by atoms with Crippen LogP contribution in [0.4, 0.5) is 5.69 Å². The van der Waals surface area contributed by atoms with Gasteiger partial charge in [0.25, 0.3) is 5.91 Å². The molecule has 0 unspecified atom stereocenters. The van der Waals surface area contributed by atoms with Crippen molar-refractivity contribution in [3.8, 4) is 5.75 Å². The molecule has 2 aromatic rings. The van der Waals surface area contributed by atoms with Crippen molar-refractivity contribution in [2.45, 2.75) is 13.8 Å². The minimum absolute atomic E-state index is 0.138. The molecule has 6 nitrogen and oxygen atoms in total. The van der Waals surface area contributed by atoms with Gasteiger partial charge in [0, 0.05) is 30.9 Å². The molecule has 1 heterocycles. The Morgan fingerprint density at radius 2 is 2.00 bits per heavy atom. The molecule has 1 aliphatic rings. The van der Waals surface area contributed by atoms with Crippen LogP contribution < -0.4 is 15.0 Å². The summed E-state index contributed by atoms with van der Waals surface area (Å²) in [5.41, 5.74) is 3.54. The number of fused-ring (bicyclic) bond motifs is 1. The molecule has 0 aromatic heterocycles. The molecule has 6 heteroatoms. The van der Waals surface area contributed by atoms with Crippen LogP contribution in [0.25, 0.3) is 6.08 Å². The van der Waals surface area contributed by atoms with Crippen LogP contribution in [0.1, 0.15) is 18.1 Å². The molecule has 152 valence electrons. The third kappa shape index (κ3) is 5.60. The number of esters is 1. The van der Waals surface area contributed by atoms with Crippen molar-refractivity contribution in [2.75, 3.05) is 37.7 Å². The Bertz CT molecular complexity index is 907. The van der Waals surface area contributed by atoms with E-state index in [1.807, 2.05) is 30.3 Å². The summed E-state index contributed by atoms with van der Waals surface area (Å²) >= 11 is 0. The Morgan fingerprint density at radius 3 is 2.79 bits per heavy atom. The van der Waals surface area contributed by atoms with Gasteiger partial charge in [-0.15, -0.1) is 0 Å². The third-order valence-electron chi connectivity index (χ3n) is 4.68. The molecular weight excluding hydrogens is 368 g/mol. The highest BCUT2D eigenvalue weighted by Gasteiger charge is 2.19. The van der Waals surface area contributed by atoms with E-state index in [9.17, 15) is 9.59 Å². The molecule has 0 radical (unpaired) electrons. The highest BCUT2D eigenvalue weighted by molar-refractivity contribution is 5.96. The lowest BCUT2D eigenvalue weighted by Gasteiger charge is -2.23. The average Bonchev–Trinajstić information content (AvgIpc) is 2.74. The number of carbonyl (C=O) groups is 2. The van der Waals surface area contributed by atoms with E-state index in [1.54, 1.807) is 6.08 Å². The first-order chi connectivity index (χ1) is 14.1. The lowest BCUT2D eigenvalue weighted by molar-refractivity contribution is -0.145. The van der Waals surface area contributed by atoms with Gasteiger partial charge in [0.05, 0.1) is 5.57 Å². The standard InChI is InChI=1S/C23H26N2O4/c1-3-25(20-9-6-7-17(2)13-20)12-11-24-22(26)16-29-23(27)19-14-18-8-4-5-10-21(18)28-15-19/h4-10,13-14H,3,11-12,15-16H2,1-2H3,(H,24,26). The Kier molecular flexibility index (Phi) is 6.89. The third-order valence-corrected chi connectivity index (χ3v) is 4.68. The SMILES string of the molecule is CCN(CCNC(=O)COC(=O)C1=Cc2ccccc2OC1)c1cccc(C)c1. The van der Waals surface area contributed by atoms with Gasteiger partial charge in [0.15, 0.2) is 6.61 Å². The van der Waals surface area contributed by atoms with Crippen molar-refractivity contribution in [1.29, 1.82) is 0 Å². The summed E-state index contributed by atoms with van der Waals surface area (Å²) in [6, 6.07) is 15.7. The fourth-order valence-corrected chi connectivity index (χ4v) is 3.13. The molecule has 0 aliphatic carbocycles. The number of para-hydroxylation sites is 1. The van der Waals surface area contributed by atoms with Gasteiger partial charge in [-0.3, -0.25) is 4.79 Å². The number of hydrogen-bond donors (Lipinski definition) is 1. The van der Waals surface area contributed by atoms with Gasteiger partial charge < -0.3 is 19.7 Å². The monoisotopic (exact) mass is 394 g/mol. The second kappa shape index (κ2) is 9.78. The predicted molar refractivity (Wildman–Crippen MR) is 113 cm³/mol. The van der Waals surface area contributed by atoms with E-state index < -0.39 is 5.97 Å². The van der Waals surface area contributed by atoms with Gasteiger partial charge in [-0.2, -0.15) is 0 Å². The minimum atomic E-state index is -0.537. The van der Waals surface area contributed by atoms with Gasteiger partial charge in [0.1, 0.15) is 12.4 Å². The maximum Gasteiger partial charge on any atom is 0.338 e. The molecular formula is C23H26N2O4. The first-order valence-electron chi connectivity index (χ1n) is 9.74. The Balaban J connectivity index is 1.43. The van der Waals surface area contributed by atoms with E-state index in [0.29, 0.717) is 18.7 Å². The summed E-state index contributed by atoms with van der Waals surface area (Å²) in [6.07, 6.45) is 1.74. The Labute approximate surface area is 171 Å². The number of nitrogens with zero attached hydrogens (tertiary/aromatic N) is 1. The van der Waals surface area contributed by atoms with Gasteiger partial charge in [-0.25, -0.2) is 4.79 Å². The van der Waals surface area contributed by atoms with E-state index in [2.05, 4.69) is 42.3 Å². The Hall–Kier alpha value is -3.28. The topological polar surface area (TPSA) is 67.9 Å². The average molecular weight is 394 g/mol. The van der Waals surface area contributed by atoms with Crippen LogP contribution in [0.15, 0.2) is 54.1 Å². The number of likely N-dealkylation sites (N-methyl/N-ethyl adjacent to an activating group) is 1. The highest BCUT2D eigenvalue weighted by Crippen LogP contribution is 2.26. The molecule has 0 bridgehead atoms. The van der Waals surface area contributed by atoms with Crippen molar-refractivity contribution in [2.24, 2.45) is 0 Å².